The first-order chi connectivity index (χ1) is 9.13. The van der Waals surface area contributed by atoms with Gasteiger partial charge in [0, 0.05) is 12.0 Å². The number of methoxy groups -OCH3 is 2. The molecular formula is C14H19N3O2. The second kappa shape index (κ2) is 5.73. The van der Waals surface area contributed by atoms with Crippen LogP contribution in [0, 0.1) is 5.92 Å². The molecule has 2 rings (SSSR count). The van der Waals surface area contributed by atoms with Gasteiger partial charge in [-0.1, -0.05) is 13.8 Å². The standard InChI is InChI=1S/C14H19N3O2/c1-9(2)7-13-15-14(17-16-13)10-5-6-11(18-3)12(8-10)19-4/h5-6,8-9H,7H2,1-4H3,(H,15,16,17). The average Bonchev–Trinajstić information content (AvgIpc) is 2.85. The molecule has 0 unspecified atom stereocenters. The maximum atomic E-state index is 5.28. The van der Waals surface area contributed by atoms with E-state index in [2.05, 4.69) is 29.0 Å². The van der Waals surface area contributed by atoms with Crippen LogP contribution in [0.1, 0.15) is 19.7 Å². The molecule has 0 aliphatic rings. The van der Waals surface area contributed by atoms with Crippen molar-refractivity contribution >= 4 is 0 Å². The minimum absolute atomic E-state index is 0.547. The molecule has 0 bridgehead atoms. The predicted octanol–water partition coefficient (Wildman–Crippen LogP) is 2.69. The van der Waals surface area contributed by atoms with Crippen LogP contribution in [0.2, 0.25) is 0 Å². The van der Waals surface area contributed by atoms with Crippen LogP contribution in [-0.2, 0) is 6.42 Å². The molecule has 0 atom stereocenters. The summed E-state index contributed by atoms with van der Waals surface area (Å²) < 4.78 is 10.5. The first-order valence-corrected chi connectivity index (χ1v) is 6.27. The molecule has 102 valence electrons. The zero-order valence-corrected chi connectivity index (χ0v) is 11.7. The van der Waals surface area contributed by atoms with Gasteiger partial charge in [-0.05, 0) is 24.1 Å². The normalized spacial score (nSPS) is 10.8. The van der Waals surface area contributed by atoms with Gasteiger partial charge in [-0.15, -0.1) is 0 Å². The second-order valence-electron chi connectivity index (χ2n) is 4.77. The third-order valence-corrected chi connectivity index (χ3v) is 2.78. The molecule has 1 aromatic carbocycles. The Bertz CT molecular complexity index is 549. The van der Waals surface area contributed by atoms with Gasteiger partial charge in [0.15, 0.2) is 17.3 Å². The van der Waals surface area contributed by atoms with E-state index >= 15 is 0 Å². The van der Waals surface area contributed by atoms with Gasteiger partial charge in [0.25, 0.3) is 0 Å². The van der Waals surface area contributed by atoms with Crippen LogP contribution >= 0.6 is 0 Å². The number of H-pyrrole nitrogens is 1. The Labute approximate surface area is 113 Å². The molecule has 0 aliphatic heterocycles. The summed E-state index contributed by atoms with van der Waals surface area (Å²) in [4.78, 5) is 4.49. The topological polar surface area (TPSA) is 60.0 Å². The van der Waals surface area contributed by atoms with Crippen LogP contribution in [0.25, 0.3) is 11.4 Å². The van der Waals surface area contributed by atoms with Gasteiger partial charge in [0.2, 0.25) is 0 Å². The maximum absolute atomic E-state index is 5.28. The Morgan fingerprint density at radius 3 is 2.53 bits per heavy atom. The zero-order chi connectivity index (χ0) is 13.8. The zero-order valence-electron chi connectivity index (χ0n) is 11.7. The molecule has 1 N–H and O–H groups in total. The highest BCUT2D eigenvalue weighted by molar-refractivity contribution is 5.60. The van der Waals surface area contributed by atoms with Crippen molar-refractivity contribution in [3.8, 4) is 22.9 Å². The van der Waals surface area contributed by atoms with E-state index in [4.69, 9.17) is 9.47 Å². The van der Waals surface area contributed by atoms with E-state index in [1.807, 2.05) is 18.2 Å². The molecule has 5 nitrogen and oxygen atoms in total. The number of hydrogen-bond donors (Lipinski definition) is 1. The van der Waals surface area contributed by atoms with E-state index in [1.54, 1.807) is 14.2 Å². The van der Waals surface area contributed by atoms with Crippen LogP contribution in [-0.4, -0.2) is 29.4 Å². The molecule has 0 radical (unpaired) electrons. The monoisotopic (exact) mass is 261 g/mol. The number of nitrogens with zero attached hydrogens (tertiary/aromatic N) is 2. The molecule has 0 spiro atoms. The van der Waals surface area contributed by atoms with Crippen LogP contribution in [0.15, 0.2) is 18.2 Å². The lowest BCUT2D eigenvalue weighted by Gasteiger charge is -2.07. The summed E-state index contributed by atoms with van der Waals surface area (Å²) in [5, 5.41) is 7.21. The molecule has 2 aromatic rings. The smallest absolute Gasteiger partial charge is 0.181 e. The van der Waals surface area contributed by atoms with Crippen molar-refractivity contribution < 1.29 is 9.47 Å². The van der Waals surface area contributed by atoms with Crippen molar-refractivity contribution in [1.29, 1.82) is 0 Å². The average molecular weight is 261 g/mol. The van der Waals surface area contributed by atoms with Gasteiger partial charge in [-0.25, -0.2) is 4.98 Å². The first kappa shape index (κ1) is 13.4. The molecule has 0 amide bonds. The Morgan fingerprint density at radius 1 is 1.16 bits per heavy atom. The molecule has 0 saturated heterocycles. The van der Waals surface area contributed by atoms with E-state index < -0.39 is 0 Å². The highest BCUT2D eigenvalue weighted by Gasteiger charge is 2.10. The lowest BCUT2D eigenvalue weighted by atomic mass is 10.1. The number of aromatic amines is 1. The van der Waals surface area contributed by atoms with Crippen LogP contribution in [0.5, 0.6) is 11.5 Å². The molecule has 0 saturated carbocycles. The van der Waals surface area contributed by atoms with Crippen molar-refractivity contribution in [2.45, 2.75) is 20.3 Å². The van der Waals surface area contributed by atoms with E-state index in [9.17, 15) is 0 Å². The highest BCUT2D eigenvalue weighted by Crippen LogP contribution is 2.30. The number of rotatable bonds is 5. The number of nitrogens with one attached hydrogen (secondary N) is 1. The lowest BCUT2D eigenvalue weighted by Crippen LogP contribution is -1.96. The molecule has 1 heterocycles. The molecule has 0 aliphatic carbocycles. The van der Waals surface area contributed by atoms with Crippen LogP contribution in [0.3, 0.4) is 0 Å². The van der Waals surface area contributed by atoms with E-state index in [-0.39, 0.29) is 0 Å². The summed E-state index contributed by atoms with van der Waals surface area (Å²) >= 11 is 0. The fourth-order valence-electron chi connectivity index (χ4n) is 1.88. The third-order valence-electron chi connectivity index (χ3n) is 2.78. The van der Waals surface area contributed by atoms with Gasteiger partial charge in [0.1, 0.15) is 5.82 Å². The van der Waals surface area contributed by atoms with Gasteiger partial charge < -0.3 is 9.47 Å². The molecule has 0 fully saturated rings. The number of benzene rings is 1. The minimum Gasteiger partial charge on any atom is -0.493 e. The third kappa shape index (κ3) is 3.05. The SMILES string of the molecule is COc1ccc(-c2n[nH]c(CC(C)C)n2)cc1OC. The van der Waals surface area contributed by atoms with Gasteiger partial charge in [0.05, 0.1) is 14.2 Å². The first-order valence-electron chi connectivity index (χ1n) is 6.27. The summed E-state index contributed by atoms with van der Waals surface area (Å²) in [6, 6.07) is 5.65. The lowest BCUT2D eigenvalue weighted by molar-refractivity contribution is 0.355. The van der Waals surface area contributed by atoms with Crippen LogP contribution < -0.4 is 9.47 Å². The summed E-state index contributed by atoms with van der Waals surface area (Å²) in [6.45, 7) is 4.30. The van der Waals surface area contributed by atoms with Crippen molar-refractivity contribution in [3.05, 3.63) is 24.0 Å². The largest absolute Gasteiger partial charge is 0.493 e. The highest BCUT2D eigenvalue weighted by atomic mass is 16.5. The van der Waals surface area contributed by atoms with Crippen molar-refractivity contribution in [3.63, 3.8) is 0 Å². The molecule has 5 heteroatoms. The Kier molecular flexibility index (Phi) is 4.04. The van der Waals surface area contributed by atoms with Crippen molar-refractivity contribution in [2.24, 2.45) is 5.92 Å². The minimum atomic E-state index is 0.547. The number of ether oxygens (including phenoxy) is 2. The molecular weight excluding hydrogens is 242 g/mol. The Morgan fingerprint density at radius 2 is 1.89 bits per heavy atom. The molecule has 19 heavy (non-hydrogen) atoms. The van der Waals surface area contributed by atoms with E-state index in [0.29, 0.717) is 23.2 Å². The predicted molar refractivity (Wildman–Crippen MR) is 73.5 cm³/mol. The maximum Gasteiger partial charge on any atom is 0.181 e. The van der Waals surface area contributed by atoms with Crippen LogP contribution in [0.4, 0.5) is 0 Å². The fraction of sp³-hybridized carbons (Fsp3) is 0.429. The van der Waals surface area contributed by atoms with E-state index in [0.717, 1.165) is 17.8 Å². The summed E-state index contributed by atoms with van der Waals surface area (Å²) in [5.74, 6) is 3.50. The van der Waals surface area contributed by atoms with Gasteiger partial charge in [-0.2, -0.15) is 5.10 Å². The second-order valence-corrected chi connectivity index (χ2v) is 4.77. The summed E-state index contributed by atoms with van der Waals surface area (Å²) in [7, 11) is 3.23. The Hall–Kier alpha value is -2.04. The van der Waals surface area contributed by atoms with Crippen molar-refractivity contribution in [2.75, 3.05) is 14.2 Å². The van der Waals surface area contributed by atoms with Gasteiger partial charge in [-0.3, -0.25) is 5.10 Å². The fourth-order valence-corrected chi connectivity index (χ4v) is 1.88. The number of hydrogen-bond acceptors (Lipinski definition) is 4. The molecule has 1 aromatic heterocycles. The summed E-state index contributed by atoms with van der Waals surface area (Å²) in [6.07, 6.45) is 0.889. The van der Waals surface area contributed by atoms with Gasteiger partial charge >= 0.3 is 0 Å². The summed E-state index contributed by atoms with van der Waals surface area (Å²) in [5.41, 5.74) is 0.906. The number of aromatic nitrogens is 3. The van der Waals surface area contributed by atoms with E-state index in [1.165, 1.54) is 0 Å². The van der Waals surface area contributed by atoms with Crippen molar-refractivity contribution in [1.82, 2.24) is 15.2 Å². The quantitative estimate of drug-likeness (QED) is 0.899. The Balaban J connectivity index is 2.28.